The second-order valence-electron chi connectivity index (χ2n) is 6.98. The summed E-state index contributed by atoms with van der Waals surface area (Å²) in [5.74, 6) is -0.354. The zero-order valence-corrected chi connectivity index (χ0v) is 18.7. The maximum atomic E-state index is 13.1. The zero-order valence-electron chi connectivity index (χ0n) is 17.1. The Balaban J connectivity index is 1.85. The van der Waals surface area contributed by atoms with Gasteiger partial charge in [-0.3, -0.25) is 10.2 Å². The molecule has 1 atom stereocenters. The molecule has 0 aliphatic heterocycles. The van der Waals surface area contributed by atoms with Crippen LogP contribution in [0.1, 0.15) is 28.6 Å². The van der Waals surface area contributed by atoms with E-state index in [0.717, 1.165) is 5.56 Å². The summed E-state index contributed by atoms with van der Waals surface area (Å²) in [5.41, 5.74) is 12.7. The van der Waals surface area contributed by atoms with Crippen LogP contribution in [0.15, 0.2) is 65.0 Å². The first-order valence-electron chi connectivity index (χ1n) is 9.73. The molecule has 2 aromatic carbocycles. The number of hydrogen-bond donors (Lipinski definition) is 5. The summed E-state index contributed by atoms with van der Waals surface area (Å²) in [5, 5.41) is 12.6. The first kappa shape index (κ1) is 23.5. The number of anilines is 1. The average Bonchev–Trinajstić information content (AvgIpc) is 3.29. The highest BCUT2D eigenvalue weighted by Crippen LogP contribution is 2.25. The number of carbonyl (C=O) groups excluding carboxylic acids is 1. The summed E-state index contributed by atoms with van der Waals surface area (Å²) in [6.45, 7) is 0.200. The molecule has 9 nitrogen and oxygen atoms in total. The number of aromatic nitrogens is 1. The molecule has 0 aliphatic carbocycles. The number of carbonyl (C=O) groups is 1. The number of benzene rings is 2. The molecule has 0 fully saturated rings. The Kier molecular flexibility index (Phi) is 7.70. The number of hydrogen-bond acceptors (Lipinski definition) is 7. The number of sulfonamides is 1. The SMILES string of the molecule is N=C(N)c1cccc(C[C@@H](NS(=O)(=O)c2cccc(NC(=O)CCN)c2)c2nccs2)c1. The number of amidine groups is 1. The Hall–Kier alpha value is -3.12. The van der Waals surface area contributed by atoms with Crippen LogP contribution >= 0.6 is 11.3 Å². The van der Waals surface area contributed by atoms with Crippen LogP contribution < -0.4 is 21.5 Å². The van der Waals surface area contributed by atoms with Crippen molar-refractivity contribution in [3.63, 3.8) is 0 Å². The molecule has 11 heteroatoms. The Labute approximate surface area is 190 Å². The minimum Gasteiger partial charge on any atom is -0.384 e. The number of thiazole rings is 1. The molecular formula is C21H24N6O3S2. The van der Waals surface area contributed by atoms with Crippen molar-refractivity contribution in [2.45, 2.75) is 23.8 Å². The molecule has 3 aromatic rings. The van der Waals surface area contributed by atoms with Gasteiger partial charge in [-0.05, 0) is 36.2 Å². The fourth-order valence-corrected chi connectivity index (χ4v) is 5.05. The summed E-state index contributed by atoms with van der Waals surface area (Å²) < 4.78 is 29.0. The third-order valence-corrected chi connectivity index (χ3v) is 6.88. The van der Waals surface area contributed by atoms with Gasteiger partial charge in [0.15, 0.2) is 0 Å². The summed E-state index contributed by atoms with van der Waals surface area (Å²) in [7, 11) is -3.93. The van der Waals surface area contributed by atoms with Gasteiger partial charge in [0.1, 0.15) is 10.8 Å². The topological polar surface area (TPSA) is 164 Å². The molecule has 0 bridgehead atoms. The van der Waals surface area contributed by atoms with E-state index in [1.165, 1.54) is 23.5 Å². The Morgan fingerprint density at radius 2 is 1.97 bits per heavy atom. The number of nitrogen functional groups attached to an aromatic ring is 1. The molecule has 0 radical (unpaired) electrons. The highest BCUT2D eigenvalue weighted by atomic mass is 32.2. The number of amides is 1. The van der Waals surface area contributed by atoms with E-state index in [-0.39, 0.29) is 29.6 Å². The first-order valence-corrected chi connectivity index (χ1v) is 12.1. The largest absolute Gasteiger partial charge is 0.384 e. The van der Waals surface area contributed by atoms with E-state index in [1.54, 1.807) is 41.9 Å². The predicted octanol–water partition coefficient (Wildman–Crippen LogP) is 1.98. The van der Waals surface area contributed by atoms with Gasteiger partial charge in [-0.1, -0.05) is 24.3 Å². The van der Waals surface area contributed by atoms with Gasteiger partial charge < -0.3 is 16.8 Å². The molecule has 0 spiro atoms. The third-order valence-electron chi connectivity index (χ3n) is 4.52. The maximum absolute atomic E-state index is 13.1. The Bertz CT molecular complexity index is 1200. The normalized spacial score (nSPS) is 12.3. The predicted molar refractivity (Wildman–Crippen MR) is 125 cm³/mol. The lowest BCUT2D eigenvalue weighted by Gasteiger charge is -2.18. The van der Waals surface area contributed by atoms with Gasteiger partial charge in [-0.2, -0.15) is 0 Å². The first-order chi connectivity index (χ1) is 15.3. The van der Waals surface area contributed by atoms with Gasteiger partial charge in [0.2, 0.25) is 15.9 Å². The summed E-state index contributed by atoms with van der Waals surface area (Å²) in [6, 6.07) is 12.5. The van der Waals surface area contributed by atoms with Crippen LogP contribution in [-0.2, 0) is 21.2 Å². The van der Waals surface area contributed by atoms with Crippen molar-refractivity contribution in [2.75, 3.05) is 11.9 Å². The summed E-state index contributed by atoms with van der Waals surface area (Å²) >= 11 is 1.34. The van der Waals surface area contributed by atoms with E-state index >= 15 is 0 Å². The Morgan fingerprint density at radius 3 is 2.66 bits per heavy atom. The van der Waals surface area contributed by atoms with Gasteiger partial charge in [-0.25, -0.2) is 18.1 Å². The second kappa shape index (κ2) is 10.5. The van der Waals surface area contributed by atoms with Gasteiger partial charge in [0.25, 0.3) is 0 Å². The van der Waals surface area contributed by atoms with Crippen LogP contribution in [0, 0.1) is 5.41 Å². The molecule has 7 N–H and O–H groups in total. The molecule has 0 aliphatic rings. The van der Waals surface area contributed by atoms with E-state index in [1.807, 2.05) is 6.07 Å². The summed E-state index contributed by atoms with van der Waals surface area (Å²) in [6.07, 6.45) is 2.07. The van der Waals surface area contributed by atoms with E-state index in [4.69, 9.17) is 16.9 Å². The average molecular weight is 473 g/mol. The molecule has 1 aromatic heterocycles. The van der Waals surface area contributed by atoms with Crippen LogP contribution in [0.5, 0.6) is 0 Å². The van der Waals surface area contributed by atoms with Crippen molar-refractivity contribution < 1.29 is 13.2 Å². The van der Waals surface area contributed by atoms with Gasteiger partial charge in [0, 0.05) is 35.8 Å². The van der Waals surface area contributed by atoms with Crippen molar-refractivity contribution >= 4 is 38.8 Å². The molecule has 0 unspecified atom stereocenters. The van der Waals surface area contributed by atoms with Crippen LogP contribution in [0.2, 0.25) is 0 Å². The minimum atomic E-state index is -3.93. The van der Waals surface area contributed by atoms with Gasteiger partial charge >= 0.3 is 0 Å². The maximum Gasteiger partial charge on any atom is 0.241 e. The van der Waals surface area contributed by atoms with Crippen molar-refractivity contribution in [1.82, 2.24) is 9.71 Å². The van der Waals surface area contributed by atoms with E-state index in [2.05, 4.69) is 15.0 Å². The monoisotopic (exact) mass is 472 g/mol. The van der Waals surface area contributed by atoms with Gasteiger partial charge in [0.05, 0.1) is 10.9 Å². The molecule has 3 rings (SSSR count). The van der Waals surface area contributed by atoms with E-state index in [9.17, 15) is 13.2 Å². The van der Waals surface area contributed by atoms with Crippen molar-refractivity contribution in [1.29, 1.82) is 5.41 Å². The number of rotatable bonds is 10. The van der Waals surface area contributed by atoms with E-state index < -0.39 is 16.1 Å². The second-order valence-corrected chi connectivity index (χ2v) is 9.62. The number of nitrogens with two attached hydrogens (primary N) is 2. The van der Waals surface area contributed by atoms with Crippen molar-refractivity contribution in [3.8, 4) is 0 Å². The van der Waals surface area contributed by atoms with Crippen molar-refractivity contribution in [2.24, 2.45) is 11.5 Å². The molecule has 0 saturated carbocycles. The molecular weight excluding hydrogens is 448 g/mol. The number of nitrogens with zero attached hydrogens (tertiary/aromatic N) is 1. The lowest BCUT2D eigenvalue weighted by molar-refractivity contribution is -0.116. The molecule has 0 saturated heterocycles. The highest BCUT2D eigenvalue weighted by molar-refractivity contribution is 7.89. The standard InChI is InChI=1S/C21H24N6O3S2/c22-8-7-19(28)26-16-5-2-6-17(13-16)32(29,30)27-18(21-25-9-10-31-21)12-14-3-1-4-15(11-14)20(23)24/h1-6,9-11,13,18,27H,7-8,12,22H2,(H3,23,24)(H,26,28)/t18-/m1/s1. The molecule has 32 heavy (non-hydrogen) atoms. The molecule has 168 valence electrons. The third kappa shape index (κ3) is 6.20. The quantitative estimate of drug-likeness (QED) is 0.224. The molecule has 1 heterocycles. The number of nitrogens with one attached hydrogen (secondary N) is 3. The fourth-order valence-electron chi connectivity index (χ4n) is 3.04. The highest BCUT2D eigenvalue weighted by Gasteiger charge is 2.24. The van der Waals surface area contributed by atoms with E-state index in [0.29, 0.717) is 22.7 Å². The van der Waals surface area contributed by atoms with Gasteiger partial charge in [-0.15, -0.1) is 11.3 Å². The Morgan fingerprint density at radius 1 is 1.19 bits per heavy atom. The molecule has 1 amide bonds. The minimum absolute atomic E-state index is 0.0158. The van der Waals surface area contributed by atoms with Crippen LogP contribution in [0.4, 0.5) is 5.69 Å². The lowest BCUT2D eigenvalue weighted by atomic mass is 10.0. The van der Waals surface area contributed by atoms with Crippen LogP contribution in [0.25, 0.3) is 0 Å². The zero-order chi connectivity index (χ0) is 23.1. The fraction of sp³-hybridized carbons (Fsp3) is 0.190. The van der Waals surface area contributed by atoms with Crippen molar-refractivity contribution in [3.05, 3.63) is 76.2 Å². The smallest absolute Gasteiger partial charge is 0.241 e. The summed E-state index contributed by atoms with van der Waals surface area (Å²) in [4.78, 5) is 16.1. The van der Waals surface area contributed by atoms with Crippen LogP contribution in [0.3, 0.4) is 0 Å². The van der Waals surface area contributed by atoms with Crippen LogP contribution in [-0.4, -0.2) is 31.7 Å². The lowest BCUT2D eigenvalue weighted by Crippen LogP contribution is -2.30.